The quantitative estimate of drug-likeness (QED) is 0.854. The summed E-state index contributed by atoms with van der Waals surface area (Å²) in [6.45, 7) is 9.45. The zero-order valence-electron chi connectivity index (χ0n) is 14.3. The van der Waals surface area contributed by atoms with Gasteiger partial charge in [0.2, 0.25) is 0 Å². The predicted octanol–water partition coefficient (Wildman–Crippen LogP) is 2.31. The number of carbonyl (C=O) groups excluding carboxylic acids is 1. The number of aromatic nitrogens is 2. The van der Waals surface area contributed by atoms with Gasteiger partial charge >= 0.3 is 0 Å². The maximum Gasteiger partial charge on any atom is 0.272 e. The number of benzene rings is 1. The molecule has 2 aromatic rings. The molecule has 0 radical (unpaired) electrons. The average Bonchev–Trinajstić information content (AvgIpc) is 2.88. The molecule has 0 atom stereocenters. The third-order valence-corrected chi connectivity index (χ3v) is 4.70. The number of nitrogens with zero attached hydrogens (tertiary/aromatic N) is 4. The summed E-state index contributed by atoms with van der Waals surface area (Å²) in [6.07, 6.45) is 0. The zero-order valence-corrected chi connectivity index (χ0v) is 14.3. The molecule has 3 rings (SSSR count). The first-order valence-electron chi connectivity index (χ1n) is 8.08. The Morgan fingerprint density at radius 3 is 2.39 bits per heavy atom. The van der Waals surface area contributed by atoms with E-state index in [1.165, 1.54) is 16.8 Å². The van der Waals surface area contributed by atoms with Crippen LogP contribution in [0.3, 0.4) is 0 Å². The topological polar surface area (TPSA) is 41.4 Å². The van der Waals surface area contributed by atoms with E-state index in [0.717, 1.165) is 31.9 Å². The molecule has 0 aliphatic carbocycles. The highest BCUT2D eigenvalue weighted by Crippen LogP contribution is 2.24. The molecule has 1 aromatic heterocycles. The molecule has 0 N–H and O–H groups in total. The Kier molecular flexibility index (Phi) is 4.11. The molecule has 1 saturated heterocycles. The standard InChI is InChI=1S/C18H24N4O/c1-13-6-5-7-16(15(13)3)21-8-10-22(11-9-21)18(23)17-12-14(2)19-20(17)4/h5-7,12H,8-11H2,1-4H3. The van der Waals surface area contributed by atoms with Gasteiger partial charge in [-0.25, -0.2) is 0 Å². The van der Waals surface area contributed by atoms with Crippen molar-refractivity contribution in [2.24, 2.45) is 7.05 Å². The lowest BCUT2D eigenvalue weighted by molar-refractivity contribution is 0.0735. The number of rotatable bonds is 2. The Morgan fingerprint density at radius 1 is 1.09 bits per heavy atom. The maximum absolute atomic E-state index is 12.6. The molecule has 5 heteroatoms. The van der Waals surface area contributed by atoms with Gasteiger partial charge < -0.3 is 9.80 Å². The number of piperazine rings is 1. The number of hydrogen-bond donors (Lipinski definition) is 0. The van der Waals surface area contributed by atoms with Crippen LogP contribution in [0.4, 0.5) is 5.69 Å². The van der Waals surface area contributed by atoms with Gasteiger partial charge in [-0.3, -0.25) is 9.48 Å². The monoisotopic (exact) mass is 312 g/mol. The molecule has 23 heavy (non-hydrogen) atoms. The van der Waals surface area contributed by atoms with Gasteiger partial charge in [-0.05, 0) is 44.0 Å². The van der Waals surface area contributed by atoms with Gasteiger partial charge in [0.25, 0.3) is 5.91 Å². The Bertz CT molecular complexity index is 727. The maximum atomic E-state index is 12.6. The van der Waals surface area contributed by atoms with Crippen molar-refractivity contribution in [3.05, 3.63) is 46.8 Å². The van der Waals surface area contributed by atoms with Crippen molar-refractivity contribution in [2.75, 3.05) is 31.1 Å². The summed E-state index contributed by atoms with van der Waals surface area (Å²) in [7, 11) is 1.83. The highest BCUT2D eigenvalue weighted by molar-refractivity contribution is 5.92. The van der Waals surface area contributed by atoms with E-state index in [1.807, 2.05) is 24.9 Å². The second-order valence-electron chi connectivity index (χ2n) is 6.29. The minimum atomic E-state index is 0.0775. The Labute approximate surface area is 137 Å². The number of anilines is 1. The smallest absolute Gasteiger partial charge is 0.272 e. The van der Waals surface area contributed by atoms with Gasteiger partial charge in [0, 0.05) is 38.9 Å². The first kappa shape index (κ1) is 15.6. The van der Waals surface area contributed by atoms with Crippen LogP contribution in [0.15, 0.2) is 24.3 Å². The normalized spacial score (nSPS) is 15.1. The zero-order chi connectivity index (χ0) is 16.6. The fourth-order valence-corrected chi connectivity index (χ4v) is 3.20. The number of hydrogen-bond acceptors (Lipinski definition) is 3. The first-order valence-corrected chi connectivity index (χ1v) is 8.08. The molecular formula is C18H24N4O. The molecule has 1 aliphatic heterocycles. The van der Waals surface area contributed by atoms with Crippen molar-refractivity contribution in [1.29, 1.82) is 0 Å². The van der Waals surface area contributed by atoms with Crippen molar-refractivity contribution in [2.45, 2.75) is 20.8 Å². The van der Waals surface area contributed by atoms with Crippen LogP contribution in [0.5, 0.6) is 0 Å². The molecule has 1 aliphatic rings. The molecule has 1 amide bonds. The lowest BCUT2D eigenvalue weighted by Crippen LogP contribution is -2.49. The van der Waals surface area contributed by atoms with Crippen LogP contribution in [0.25, 0.3) is 0 Å². The van der Waals surface area contributed by atoms with E-state index in [1.54, 1.807) is 4.68 Å². The molecule has 2 heterocycles. The van der Waals surface area contributed by atoms with E-state index in [0.29, 0.717) is 5.69 Å². The summed E-state index contributed by atoms with van der Waals surface area (Å²) in [6, 6.07) is 8.28. The van der Waals surface area contributed by atoms with Crippen molar-refractivity contribution in [3.63, 3.8) is 0 Å². The van der Waals surface area contributed by atoms with E-state index < -0.39 is 0 Å². The van der Waals surface area contributed by atoms with Crippen LogP contribution in [-0.2, 0) is 7.05 Å². The molecule has 1 aromatic carbocycles. The predicted molar refractivity (Wildman–Crippen MR) is 92.0 cm³/mol. The first-order chi connectivity index (χ1) is 11.0. The van der Waals surface area contributed by atoms with E-state index in [2.05, 4.69) is 42.0 Å². The van der Waals surface area contributed by atoms with Gasteiger partial charge in [-0.1, -0.05) is 12.1 Å². The molecule has 122 valence electrons. The summed E-state index contributed by atoms with van der Waals surface area (Å²) >= 11 is 0. The summed E-state index contributed by atoms with van der Waals surface area (Å²) in [5.74, 6) is 0.0775. The summed E-state index contributed by atoms with van der Waals surface area (Å²) in [5.41, 5.74) is 5.47. The second-order valence-corrected chi connectivity index (χ2v) is 6.29. The average molecular weight is 312 g/mol. The number of amides is 1. The largest absolute Gasteiger partial charge is 0.368 e. The van der Waals surface area contributed by atoms with Crippen molar-refractivity contribution in [3.8, 4) is 0 Å². The highest BCUT2D eigenvalue weighted by Gasteiger charge is 2.25. The van der Waals surface area contributed by atoms with Gasteiger partial charge in [0.15, 0.2) is 0 Å². The number of carbonyl (C=O) groups is 1. The van der Waals surface area contributed by atoms with Crippen LogP contribution >= 0.6 is 0 Å². The lowest BCUT2D eigenvalue weighted by Gasteiger charge is -2.37. The van der Waals surface area contributed by atoms with Crippen LogP contribution in [0, 0.1) is 20.8 Å². The Morgan fingerprint density at radius 2 is 1.78 bits per heavy atom. The molecule has 0 bridgehead atoms. The number of aryl methyl sites for hydroxylation is 3. The van der Waals surface area contributed by atoms with Crippen molar-refractivity contribution in [1.82, 2.24) is 14.7 Å². The molecule has 5 nitrogen and oxygen atoms in total. The minimum Gasteiger partial charge on any atom is -0.368 e. The lowest BCUT2D eigenvalue weighted by atomic mass is 10.1. The van der Waals surface area contributed by atoms with Crippen LogP contribution in [0.1, 0.15) is 27.3 Å². The van der Waals surface area contributed by atoms with Gasteiger partial charge in [-0.2, -0.15) is 5.10 Å². The summed E-state index contributed by atoms with van der Waals surface area (Å²) in [4.78, 5) is 16.9. The van der Waals surface area contributed by atoms with E-state index >= 15 is 0 Å². The molecule has 1 fully saturated rings. The fourth-order valence-electron chi connectivity index (χ4n) is 3.20. The second kappa shape index (κ2) is 6.07. The van der Waals surface area contributed by atoms with Gasteiger partial charge in [0.05, 0.1) is 5.69 Å². The van der Waals surface area contributed by atoms with Crippen molar-refractivity contribution >= 4 is 11.6 Å². The van der Waals surface area contributed by atoms with Crippen LogP contribution in [-0.4, -0.2) is 46.8 Å². The van der Waals surface area contributed by atoms with Crippen molar-refractivity contribution < 1.29 is 4.79 Å². The van der Waals surface area contributed by atoms with Crippen LogP contribution < -0.4 is 4.90 Å². The third kappa shape index (κ3) is 2.96. The van der Waals surface area contributed by atoms with Gasteiger partial charge in [-0.15, -0.1) is 0 Å². The van der Waals surface area contributed by atoms with E-state index in [9.17, 15) is 4.79 Å². The minimum absolute atomic E-state index is 0.0775. The fraction of sp³-hybridized carbons (Fsp3) is 0.444. The Hall–Kier alpha value is -2.30. The SMILES string of the molecule is Cc1cc(C(=O)N2CCN(c3cccc(C)c3C)CC2)n(C)n1. The molecule has 0 spiro atoms. The molecular weight excluding hydrogens is 288 g/mol. The van der Waals surface area contributed by atoms with E-state index in [-0.39, 0.29) is 5.91 Å². The summed E-state index contributed by atoms with van der Waals surface area (Å²) in [5, 5.41) is 4.27. The van der Waals surface area contributed by atoms with Crippen LogP contribution in [0.2, 0.25) is 0 Å². The third-order valence-electron chi connectivity index (χ3n) is 4.70. The molecule has 0 saturated carbocycles. The molecule has 0 unspecified atom stereocenters. The van der Waals surface area contributed by atoms with Gasteiger partial charge in [0.1, 0.15) is 5.69 Å². The summed E-state index contributed by atoms with van der Waals surface area (Å²) < 4.78 is 1.68. The highest BCUT2D eigenvalue weighted by atomic mass is 16.2. The Balaban J connectivity index is 1.70. The van der Waals surface area contributed by atoms with E-state index in [4.69, 9.17) is 0 Å².